The van der Waals surface area contributed by atoms with Gasteiger partial charge < -0.3 is 14.2 Å². The first-order valence-electron chi connectivity index (χ1n) is 11.8. The highest BCUT2D eigenvalue weighted by Crippen LogP contribution is 2.32. The summed E-state index contributed by atoms with van der Waals surface area (Å²) in [6, 6.07) is 0. The molecule has 34 heavy (non-hydrogen) atoms. The lowest BCUT2D eigenvalue weighted by Crippen LogP contribution is -2.48. The number of esters is 3. The van der Waals surface area contributed by atoms with Crippen molar-refractivity contribution in [2.75, 3.05) is 20.8 Å². The van der Waals surface area contributed by atoms with Crippen molar-refractivity contribution in [3.05, 3.63) is 0 Å². The number of unbranched alkanes of at least 4 members (excludes halogenated alkanes) is 3. The Kier molecular flexibility index (Phi) is 16.3. The molecule has 0 spiro atoms. The van der Waals surface area contributed by atoms with E-state index in [1.54, 1.807) is 6.92 Å². The van der Waals surface area contributed by atoms with Gasteiger partial charge in [-0.25, -0.2) is 0 Å². The van der Waals surface area contributed by atoms with Crippen molar-refractivity contribution >= 4 is 28.0 Å². The highest BCUT2D eigenvalue weighted by atomic mass is 32.2. The second-order valence-corrected chi connectivity index (χ2v) is 9.94. The molecule has 0 aromatic rings. The Morgan fingerprint density at radius 3 is 2.21 bits per heavy atom. The van der Waals surface area contributed by atoms with E-state index in [1.807, 2.05) is 0 Å². The number of hydrogen-bond donors (Lipinski definition) is 0. The Morgan fingerprint density at radius 2 is 1.65 bits per heavy atom. The van der Waals surface area contributed by atoms with Gasteiger partial charge >= 0.3 is 17.9 Å². The number of carbonyl (C=O) groups is 3. The van der Waals surface area contributed by atoms with E-state index in [1.165, 1.54) is 14.0 Å². The fraction of sp³-hybridized carbons (Fsp3) is 0.792. The maximum Gasteiger partial charge on any atom is 0.331 e. The van der Waals surface area contributed by atoms with Gasteiger partial charge in [0, 0.05) is 26.2 Å². The highest BCUT2D eigenvalue weighted by Gasteiger charge is 2.52. The molecule has 0 radical (unpaired) electrons. The summed E-state index contributed by atoms with van der Waals surface area (Å²) in [5.41, 5.74) is 0. The third kappa shape index (κ3) is 11.3. The molecular formula is C24H40O9S. The third-order valence-electron chi connectivity index (χ3n) is 5.32. The molecule has 2 atom stereocenters. The van der Waals surface area contributed by atoms with Crippen LogP contribution >= 0.6 is 0 Å². The van der Waals surface area contributed by atoms with Crippen LogP contribution in [0.5, 0.6) is 0 Å². The van der Waals surface area contributed by atoms with E-state index in [0.29, 0.717) is 25.7 Å². The quantitative estimate of drug-likeness (QED) is 0.0959. The van der Waals surface area contributed by atoms with Crippen molar-refractivity contribution in [3.8, 4) is 11.8 Å². The topological polar surface area (TPSA) is 122 Å². The maximum absolute atomic E-state index is 12.9. The first-order chi connectivity index (χ1) is 16.1. The van der Waals surface area contributed by atoms with E-state index < -0.39 is 26.8 Å². The number of methoxy groups -OCH3 is 1. The van der Waals surface area contributed by atoms with Crippen LogP contribution in [0, 0.1) is 11.8 Å². The molecule has 0 aliphatic heterocycles. The molecule has 9 nitrogen and oxygen atoms in total. The van der Waals surface area contributed by atoms with Gasteiger partial charge in [-0.05, 0) is 45.4 Å². The fourth-order valence-electron chi connectivity index (χ4n) is 3.45. The highest BCUT2D eigenvalue weighted by molar-refractivity contribution is 7.89. The molecule has 196 valence electrons. The second kappa shape index (κ2) is 17.3. The van der Waals surface area contributed by atoms with Crippen LogP contribution in [0.1, 0.15) is 91.4 Å². The normalized spacial score (nSPS) is 13.7. The molecule has 0 aliphatic carbocycles. The molecule has 0 aromatic carbocycles. The first kappa shape index (κ1) is 31.9. The van der Waals surface area contributed by atoms with Crippen molar-refractivity contribution in [3.63, 3.8) is 0 Å². The van der Waals surface area contributed by atoms with E-state index in [9.17, 15) is 22.8 Å². The SMILES string of the molecule is CCCCCC(CCCC(CC#CCCCC(=O)OC)(C(=O)OCC)S(=O)(=O)OC)OC(C)=O. The predicted molar refractivity (Wildman–Crippen MR) is 127 cm³/mol. The molecule has 2 unspecified atom stereocenters. The van der Waals surface area contributed by atoms with Crippen molar-refractivity contribution in [2.45, 2.75) is 102 Å². The van der Waals surface area contributed by atoms with Crippen LogP contribution in [0.4, 0.5) is 0 Å². The Bertz CT molecular complexity index is 795. The van der Waals surface area contributed by atoms with Crippen LogP contribution in [-0.2, 0) is 42.9 Å². The Balaban J connectivity index is 5.59. The second-order valence-electron chi connectivity index (χ2n) is 7.92. The Labute approximate surface area is 204 Å². The summed E-state index contributed by atoms with van der Waals surface area (Å²) in [7, 11) is -2.06. The van der Waals surface area contributed by atoms with Gasteiger partial charge in [0.05, 0.1) is 20.8 Å². The van der Waals surface area contributed by atoms with E-state index >= 15 is 0 Å². The summed E-state index contributed by atoms with van der Waals surface area (Å²) in [5.74, 6) is 3.90. The smallest absolute Gasteiger partial charge is 0.331 e. The van der Waals surface area contributed by atoms with Crippen molar-refractivity contribution in [2.24, 2.45) is 0 Å². The minimum atomic E-state index is -4.35. The summed E-state index contributed by atoms with van der Waals surface area (Å²) < 4.78 is 43.6. The van der Waals surface area contributed by atoms with Crippen LogP contribution in [0.25, 0.3) is 0 Å². The summed E-state index contributed by atoms with van der Waals surface area (Å²) in [5, 5.41) is 0. The Morgan fingerprint density at radius 1 is 0.971 bits per heavy atom. The summed E-state index contributed by atoms with van der Waals surface area (Å²) in [6.45, 7) is 4.99. The Hall–Kier alpha value is -2.12. The zero-order valence-electron chi connectivity index (χ0n) is 21.1. The molecule has 0 saturated carbocycles. The molecule has 0 N–H and O–H groups in total. The van der Waals surface area contributed by atoms with Crippen molar-refractivity contribution in [1.82, 2.24) is 0 Å². The summed E-state index contributed by atoms with van der Waals surface area (Å²) >= 11 is 0. The minimum absolute atomic E-state index is 0.000530. The molecule has 0 fully saturated rings. The van der Waals surface area contributed by atoms with Crippen LogP contribution in [0.3, 0.4) is 0 Å². The molecule has 10 heteroatoms. The number of hydrogen-bond acceptors (Lipinski definition) is 9. The summed E-state index contributed by atoms with van der Waals surface area (Å²) in [4.78, 5) is 35.6. The first-order valence-corrected chi connectivity index (χ1v) is 13.2. The molecule has 0 amide bonds. The van der Waals surface area contributed by atoms with E-state index in [2.05, 4.69) is 23.5 Å². The molecule has 0 heterocycles. The molecule has 0 bridgehead atoms. The molecule has 0 aromatic heterocycles. The van der Waals surface area contributed by atoms with Crippen molar-refractivity contribution in [1.29, 1.82) is 0 Å². The van der Waals surface area contributed by atoms with Gasteiger partial charge in [-0.15, -0.1) is 11.8 Å². The lowest BCUT2D eigenvalue weighted by Gasteiger charge is -2.28. The average molecular weight is 505 g/mol. The lowest BCUT2D eigenvalue weighted by atomic mass is 9.95. The van der Waals surface area contributed by atoms with E-state index in [0.717, 1.165) is 26.4 Å². The van der Waals surface area contributed by atoms with Gasteiger partial charge in [-0.2, -0.15) is 8.42 Å². The van der Waals surface area contributed by atoms with Crippen LogP contribution < -0.4 is 0 Å². The molecule has 0 saturated heterocycles. The van der Waals surface area contributed by atoms with Gasteiger partial charge in [0.15, 0.2) is 0 Å². The summed E-state index contributed by atoms with van der Waals surface area (Å²) in [6.07, 6.45) is 4.46. The third-order valence-corrected chi connectivity index (χ3v) is 7.23. The average Bonchev–Trinajstić information content (AvgIpc) is 2.79. The monoisotopic (exact) mass is 504 g/mol. The molecule has 0 aliphatic rings. The zero-order valence-corrected chi connectivity index (χ0v) is 22.0. The van der Waals surface area contributed by atoms with E-state index in [-0.39, 0.29) is 44.4 Å². The van der Waals surface area contributed by atoms with Gasteiger partial charge in [0.1, 0.15) is 6.10 Å². The van der Waals surface area contributed by atoms with Gasteiger partial charge in [0.2, 0.25) is 4.75 Å². The molecule has 0 rings (SSSR count). The van der Waals surface area contributed by atoms with Gasteiger partial charge in [-0.1, -0.05) is 19.8 Å². The van der Waals surface area contributed by atoms with Crippen molar-refractivity contribution < 1.29 is 41.2 Å². The number of carbonyl (C=O) groups excluding carboxylic acids is 3. The van der Waals surface area contributed by atoms with Crippen LogP contribution in [0.2, 0.25) is 0 Å². The molecular weight excluding hydrogens is 464 g/mol. The maximum atomic E-state index is 12.9. The van der Waals surface area contributed by atoms with Gasteiger partial charge in [-0.3, -0.25) is 18.6 Å². The number of ether oxygens (including phenoxy) is 3. The van der Waals surface area contributed by atoms with Gasteiger partial charge in [0.25, 0.3) is 10.1 Å². The zero-order chi connectivity index (χ0) is 26.0. The minimum Gasteiger partial charge on any atom is -0.469 e. The number of rotatable bonds is 17. The van der Waals surface area contributed by atoms with Crippen LogP contribution in [-0.4, -0.2) is 58.0 Å². The largest absolute Gasteiger partial charge is 0.469 e. The lowest BCUT2D eigenvalue weighted by molar-refractivity contribution is -0.149. The van der Waals surface area contributed by atoms with E-state index in [4.69, 9.17) is 13.7 Å². The van der Waals surface area contributed by atoms with Crippen LogP contribution in [0.15, 0.2) is 0 Å². The standard InChI is InChI=1S/C24H40O9S/c1-6-8-11-15-21(33-20(3)25)16-14-19-24(23(27)32-7-2,34(28,29)31-5)18-13-10-9-12-17-22(26)30-4/h21H,6-9,11-12,14-19H2,1-5H3. The fourth-order valence-corrected chi connectivity index (χ4v) is 4.68. The predicted octanol–water partition coefficient (Wildman–Crippen LogP) is 3.68.